The minimum atomic E-state index is -1.32. The maximum atomic E-state index is 13.2. The molecular weight excluding hydrogens is 343 g/mol. The molecule has 26 heavy (non-hydrogen) atoms. The summed E-state index contributed by atoms with van der Waals surface area (Å²) < 4.78 is 13.2. The van der Waals surface area contributed by atoms with Gasteiger partial charge in [0.05, 0.1) is 17.0 Å². The number of hydrogen-bond donors (Lipinski definition) is 0. The second-order valence-corrected chi connectivity index (χ2v) is 5.82. The van der Waals surface area contributed by atoms with Crippen LogP contribution in [0.5, 0.6) is 0 Å². The molecule has 0 fully saturated rings. The van der Waals surface area contributed by atoms with Crippen molar-refractivity contribution in [2.24, 2.45) is 0 Å². The van der Waals surface area contributed by atoms with E-state index in [-0.39, 0.29) is 16.7 Å². The first-order chi connectivity index (χ1) is 12.4. The highest BCUT2D eigenvalue weighted by Crippen LogP contribution is 2.30. The Balaban J connectivity index is 2.05. The van der Waals surface area contributed by atoms with Gasteiger partial charge in [0.25, 0.3) is 11.8 Å². The average Bonchev–Trinajstić information content (AvgIpc) is 2.87. The summed E-state index contributed by atoms with van der Waals surface area (Å²) in [7, 11) is 0. The first-order valence-electron chi connectivity index (χ1n) is 7.73. The summed E-state index contributed by atoms with van der Waals surface area (Å²) in [5.41, 5.74) is 0.550. The summed E-state index contributed by atoms with van der Waals surface area (Å²) >= 11 is 0. The van der Waals surface area contributed by atoms with E-state index in [9.17, 15) is 28.9 Å². The van der Waals surface area contributed by atoms with Gasteiger partial charge >= 0.3 is 0 Å². The lowest BCUT2D eigenvalue weighted by Crippen LogP contribution is -2.47. The quantitative estimate of drug-likeness (QED) is 0.341. The Morgan fingerprint density at radius 2 is 1.58 bits per heavy atom. The summed E-state index contributed by atoms with van der Waals surface area (Å²) in [5.74, 6) is -3.06. The number of hydrogen-bond acceptors (Lipinski definition) is 5. The predicted molar refractivity (Wildman–Crippen MR) is 87.8 cm³/mol. The van der Waals surface area contributed by atoms with E-state index in [1.165, 1.54) is 24.3 Å². The Bertz CT molecular complexity index is 862. The molecule has 0 saturated carbocycles. The van der Waals surface area contributed by atoms with Crippen molar-refractivity contribution in [2.75, 3.05) is 6.54 Å². The van der Waals surface area contributed by atoms with E-state index in [0.717, 1.165) is 17.0 Å². The summed E-state index contributed by atoms with van der Waals surface area (Å²) in [6.45, 7) is -0.799. The fourth-order valence-electron chi connectivity index (χ4n) is 3.09. The van der Waals surface area contributed by atoms with Gasteiger partial charge in [-0.25, -0.2) is 4.39 Å². The number of imide groups is 1. The first kappa shape index (κ1) is 17.4. The van der Waals surface area contributed by atoms with Gasteiger partial charge in [0, 0.05) is 4.92 Å². The van der Waals surface area contributed by atoms with Crippen LogP contribution in [0.2, 0.25) is 0 Å². The van der Waals surface area contributed by atoms with Gasteiger partial charge in [-0.1, -0.05) is 24.3 Å². The number of amides is 2. The number of aldehydes is 1. The number of nitro groups is 1. The van der Waals surface area contributed by atoms with Gasteiger partial charge in [-0.05, 0) is 29.8 Å². The Morgan fingerprint density at radius 3 is 2.04 bits per heavy atom. The fraction of sp³-hybridized carbons (Fsp3) is 0.167. The zero-order valence-corrected chi connectivity index (χ0v) is 13.4. The van der Waals surface area contributed by atoms with Crippen molar-refractivity contribution in [3.05, 3.63) is 81.2 Å². The number of benzene rings is 2. The van der Waals surface area contributed by atoms with Crippen LogP contribution in [0.15, 0.2) is 48.5 Å². The third-order valence-corrected chi connectivity index (χ3v) is 4.31. The van der Waals surface area contributed by atoms with E-state index < -0.39 is 41.1 Å². The second-order valence-electron chi connectivity index (χ2n) is 5.82. The van der Waals surface area contributed by atoms with Gasteiger partial charge in [0.15, 0.2) is 0 Å². The molecule has 1 heterocycles. The van der Waals surface area contributed by atoms with Crippen molar-refractivity contribution in [1.82, 2.24) is 4.90 Å². The lowest BCUT2D eigenvalue weighted by atomic mass is 9.91. The SMILES string of the molecule is O=C[C@@H](c1ccc(F)cc1)[C@@H](C[N+](=O)[O-])N1C(=O)c2ccccc2C1=O. The lowest BCUT2D eigenvalue weighted by molar-refractivity contribution is -0.485. The molecule has 2 atom stereocenters. The van der Waals surface area contributed by atoms with E-state index in [1.54, 1.807) is 12.1 Å². The van der Waals surface area contributed by atoms with E-state index >= 15 is 0 Å². The number of halogens is 1. The molecule has 0 bridgehead atoms. The van der Waals surface area contributed by atoms with Crippen LogP contribution < -0.4 is 0 Å². The Labute approximate surface area is 147 Å². The molecule has 0 aliphatic carbocycles. The van der Waals surface area contributed by atoms with Crippen LogP contribution in [0.4, 0.5) is 4.39 Å². The summed E-state index contributed by atoms with van der Waals surface area (Å²) in [6, 6.07) is 9.56. The minimum absolute atomic E-state index is 0.134. The molecule has 0 spiro atoms. The van der Waals surface area contributed by atoms with Crippen molar-refractivity contribution < 1.29 is 23.7 Å². The number of carbonyl (C=O) groups is 3. The summed E-state index contributed by atoms with van der Waals surface area (Å²) in [5, 5.41) is 11.1. The molecule has 0 unspecified atom stereocenters. The van der Waals surface area contributed by atoms with Crippen molar-refractivity contribution in [3.63, 3.8) is 0 Å². The van der Waals surface area contributed by atoms with Crippen LogP contribution in [-0.4, -0.2) is 40.5 Å². The molecule has 0 aromatic heterocycles. The lowest BCUT2D eigenvalue weighted by Gasteiger charge is -2.27. The Kier molecular flexibility index (Phi) is 4.57. The molecule has 0 N–H and O–H groups in total. The van der Waals surface area contributed by atoms with Crippen LogP contribution in [0.25, 0.3) is 0 Å². The maximum absolute atomic E-state index is 13.2. The summed E-state index contributed by atoms with van der Waals surface area (Å²) in [4.78, 5) is 48.2. The Hall–Kier alpha value is -3.42. The highest BCUT2D eigenvalue weighted by atomic mass is 19.1. The van der Waals surface area contributed by atoms with Crippen molar-refractivity contribution in [3.8, 4) is 0 Å². The highest BCUT2D eigenvalue weighted by molar-refractivity contribution is 6.21. The van der Waals surface area contributed by atoms with Crippen LogP contribution in [0.1, 0.15) is 32.2 Å². The van der Waals surface area contributed by atoms with Crippen molar-refractivity contribution >= 4 is 18.1 Å². The molecule has 1 aliphatic heterocycles. The number of fused-ring (bicyclic) bond motifs is 1. The third-order valence-electron chi connectivity index (χ3n) is 4.31. The standard InChI is InChI=1S/C18H13FN2O5/c19-12-7-5-11(6-8-12)15(10-22)16(9-20(25)26)21-17(23)13-3-1-2-4-14(13)18(21)24/h1-8,10,15-16H,9H2/t15-,16+/m0/s1. The van der Waals surface area contributed by atoms with Crippen LogP contribution in [0, 0.1) is 15.9 Å². The highest BCUT2D eigenvalue weighted by Gasteiger charge is 2.45. The molecule has 8 heteroatoms. The molecule has 132 valence electrons. The van der Waals surface area contributed by atoms with E-state index in [4.69, 9.17) is 0 Å². The molecule has 2 aromatic carbocycles. The molecule has 2 amide bonds. The number of nitrogens with zero attached hydrogens (tertiary/aromatic N) is 2. The largest absolute Gasteiger partial charge is 0.303 e. The van der Waals surface area contributed by atoms with Crippen LogP contribution in [-0.2, 0) is 4.79 Å². The van der Waals surface area contributed by atoms with E-state index in [1.807, 2.05) is 0 Å². The molecule has 0 radical (unpaired) electrons. The fourth-order valence-corrected chi connectivity index (χ4v) is 3.09. The van der Waals surface area contributed by atoms with Gasteiger partial charge in [-0.2, -0.15) is 0 Å². The van der Waals surface area contributed by atoms with Crippen molar-refractivity contribution in [1.29, 1.82) is 0 Å². The van der Waals surface area contributed by atoms with Gasteiger partial charge < -0.3 is 4.79 Å². The number of rotatable bonds is 6. The zero-order chi connectivity index (χ0) is 18.8. The maximum Gasteiger partial charge on any atom is 0.262 e. The summed E-state index contributed by atoms with van der Waals surface area (Å²) in [6.07, 6.45) is 0.435. The molecule has 3 rings (SSSR count). The first-order valence-corrected chi connectivity index (χ1v) is 7.73. The number of carbonyl (C=O) groups excluding carboxylic acids is 3. The topological polar surface area (TPSA) is 97.6 Å². The van der Waals surface area contributed by atoms with Gasteiger partial charge in [-0.3, -0.25) is 24.6 Å². The normalized spacial score (nSPS) is 15.5. The van der Waals surface area contributed by atoms with E-state index in [2.05, 4.69) is 0 Å². The molecule has 1 aliphatic rings. The predicted octanol–water partition coefficient (Wildman–Crippen LogP) is 2.05. The Morgan fingerprint density at radius 1 is 1.04 bits per heavy atom. The van der Waals surface area contributed by atoms with Gasteiger partial charge in [0.1, 0.15) is 18.1 Å². The van der Waals surface area contributed by atoms with Gasteiger partial charge in [-0.15, -0.1) is 0 Å². The minimum Gasteiger partial charge on any atom is -0.303 e. The van der Waals surface area contributed by atoms with Crippen LogP contribution in [0.3, 0.4) is 0 Å². The molecule has 7 nitrogen and oxygen atoms in total. The van der Waals surface area contributed by atoms with E-state index in [0.29, 0.717) is 6.29 Å². The third kappa shape index (κ3) is 2.97. The van der Waals surface area contributed by atoms with Crippen LogP contribution >= 0.6 is 0 Å². The van der Waals surface area contributed by atoms with Crippen molar-refractivity contribution in [2.45, 2.75) is 12.0 Å². The zero-order valence-electron chi connectivity index (χ0n) is 13.4. The molecule has 2 aromatic rings. The molecular formula is C18H13FN2O5. The smallest absolute Gasteiger partial charge is 0.262 e. The van der Waals surface area contributed by atoms with Gasteiger partial charge in [0.2, 0.25) is 6.54 Å². The molecule has 0 saturated heterocycles. The second kappa shape index (κ2) is 6.83. The monoisotopic (exact) mass is 356 g/mol. The average molecular weight is 356 g/mol.